The fourth-order valence-corrected chi connectivity index (χ4v) is 4.50. The summed E-state index contributed by atoms with van der Waals surface area (Å²) in [7, 11) is 0. The Morgan fingerprint density at radius 2 is 2.00 bits per heavy atom. The highest BCUT2D eigenvalue weighted by molar-refractivity contribution is 5.77. The van der Waals surface area contributed by atoms with Crippen LogP contribution in [0.5, 0.6) is 0 Å². The standard InChI is InChI=1S/C21H32N2O/c1-15-6-4-7-19(17(15)3)20-8-5-13-23(20)21(24)14-16(2)18-9-11-22-12-10-18/h4,6-7,16,18,20,22H,5,8-14H2,1-3H3. The number of likely N-dealkylation sites (tertiary alicyclic amines) is 1. The predicted octanol–water partition coefficient (Wildman–Crippen LogP) is 3.99. The number of aryl methyl sites for hydroxylation is 1. The lowest BCUT2D eigenvalue weighted by Gasteiger charge is -2.31. The van der Waals surface area contributed by atoms with Crippen LogP contribution in [0.25, 0.3) is 0 Å². The molecule has 24 heavy (non-hydrogen) atoms. The molecule has 2 aliphatic heterocycles. The molecule has 0 saturated carbocycles. The van der Waals surface area contributed by atoms with Gasteiger partial charge in [0, 0.05) is 13.0 Å². The number of benzene rings is 1. The van der Waals surface area contributed by atoms with E-state index in [0.717, 1.165) is 32.5 Å². The maximum absolute atomic E-state index is 13.0. The van der Waals surface area contributed by atoms with Crippen molar-refractivity contribution in [2.75, 3.05) is 19.6 Å². The summed E-state index contributed by atoms with van der Waals surface area (Å²) >= 11 is 0. The minimum Gasteiger partial charge on any atom is -0.336 e. The third-order valence-electron chi connectivity index (χ3n) is 6.26. The SMILES string of the molecule is Cc1cccc(C2CCCN2C(=O)CC(C)C2CCNCC2)c1C. The van der Waals surface area contributed by atoms with Gasteiger partial charge in [-0.1, -0.05) is 25.1 Å². The van der Waals surface area contributed by atoms with Gasteiger partial charge in [-0.15, -0.1) is 0 Å². The second-order valence-electron chi connectivity index (χ2n) is 7.80. The fourth-order valence-electron chi connectivity index (χ4n) is 4.50. The molecule has 3 nitrogen and oxygen atoms in total. The number of nitrogens with one attached hydrogen (secondary N) is 1. The molecule has 132 valence electrons. The zero-order valence-electron chi connectivity index (χ0n) is 15.5. The van der Waals surface area contributed by atoms with Crippen LogP contribution in [0.3, 0.4) is 0 Å². The molecule has 0 aromatic heterocycles. The van der Waals surface area contributed by atoms with Crippen LogP contribution in [-0.4, -0.2) is 30.4 Å². The first kappa shape index (κ1) is 17.5. The van der Waals surface area contributed by atoms with Gasteiger partial charge in [0.25, 0.3) is 0 Å². The van der Waals surface area contributed by atoms with E-state index in [1.807, 2.05) is 0 Å². The van der Waals surface area contributed by atoms with E-state index < -0.39 is 0 Å². The third-order valence-corrected chi connectivity index (χ3v) is 6.26. The van der Waals surface area contributed by atoms with E-state index in [2.05, 4.69) is 49.2 Å². The molecule has 1 N–H and O–H groups in total. The number of piperidine rings is 1. The predicted molar refractivity (Wildman–Crippen MR) is 99.0 cm³/mol. The second-order valence-corrected chi connectivity index (χ2v) is 7.80. The zero-order chi connectivity index (χ0) is 17.1. The number of rotatable bonds is 4. The lowest BCUT2D eigenvalue weighted by Crippen LogP contribution is -2.35. The molecule has 3 rings (SSSR count). The molecule has 0 aliphatic carbocycles. The Balaban J connectivity index is 1.68. The molecule has 2 aliphatic rings. The smallest absolute Gasteiger partial charge is 0.223 e. The number of carbonyl (C=O) groups is 1. The zero-order valence-corrected chi connectivity index (χ0v) is 15.5. The molecule has 2 saturated heterocycles. The molecule has 0 bridgehead atoms. The minimum atomic E-state index is 0.289. The Hall–Kier alpha value is -1.35. The molecule has 0 spiro atoms. The van der Waals surface area contributed by atoms with E-state index in [9.17, 15) is 4.79 Å². The van der Waals surface area contributed by atoms with Gasteiger partial charge in [0.1, 0.15) is 0 Å². The Morgan fingerprint density at radius 3 is 2.75 bits per heavy atom. The monoisotopic (exact) mass is 328 g/mol. The summed E-state index contributed by atoms with van der Waals surface area (Å²) in [4.78, 5) is 15.2. The Labute approximate surface area is 146 Å². The molecule has 0 radical (unpaired) electrons. The maximum atomic E-state index is 13.0. The van der Waals surface area contributed by atoms with Crippen molar-refractivity contribution in [3.8, 4) is 0 Å². The van der Waals surface area contributed by atoms with Gasteiger partial charge in [0.2, 0.25) is 5.91 Å². The van der Waals surface area contributed by atoms with Crippen LogP contribution >= 0.6 is 0 Å². The first-order valence-corrected chi connectivity index (χ1v) is 9.64. The molecule has 3 heteroatoms. The van der Waals surface area contributed by atoms with Gasteiger partial charge in [-0.2, -0.15) is 0 Å². The average Bonchev–Trinajstić information content (AvgIpc) is 3.07. The fraction of sp³-hybridized carbons (Fsp3) is 0.667. The number of amides is 1. The third kappa shape index (κ3) is 3.66. The summed E-state index contributed by atoms with van der Waals surface area (Å²) < 4.78 is 0. The topological polar surface area (TPSA) is 32.3 Å². The van der Waals surface area contributed by atoms with E-state index in [1.54, 1.807) is 0 Å². The van der Waals surface area contributed by atoms with E-state index in [1.165, 1.54) is 29.5 Å². The van der Waals surface area contributed by atoms with Crippen molar-refractivity contribution >= 4 is 5.91 Å². The van der Waals surface area contributed by atoms with Crippen molar-refractivity contribution in [2.24, 2.45) is 11.8 Å². The number of hydrogen-bond acceptors (Lipinski definition) is 2. The van der Waals surface area contributed by atoms with Gasteiger partial charge in [-0.05, 0) is 81.1 Å². The van der Waals surface area contributed by atoms with Gasteiger partial charge in [0.05, 0.1) is 6.04 Å². The van der Waals surface area contributed by atoms with Crippen LogP contribution in [0.2, 0.25) is 0 Å². The van der Waals surface area contributed by atoms with Gasteiger partial charge in [0.15, 0.2) is 0 Å². The molecular formula is C21H32N2O. The van der Waals surface area contributed by atoms with Gasteiger partial charge >= 0.3 is 0 Å². The van der Waals surface area contributed by atoms with Gasteiger partial charge in [-0.25, -0.2) is 0 Å². The summed E-state index contributed by atoms with van der Waals surface area (Å²) in [5, 5.41) is 3.42. The van der Waals surface area contributed by atoms with E-state index in [0.29, 0.717) is 24.2 Å². The van der Waals surface area contributed by atoms with Crippen LogP contribution in [0.15, 0.2) is 18.2 Å². The highest BCUT2D eigenvalue weighted by atomic mass is 16.2. The molecule has 1 amide bonds. The molecule has 2 fully saturated rings. The van der Waals surface area contributed by atoms with Crippen molar-refractivity contribution in [3.63, 3.8) is 0 Å². The van der Waals surface area contributed by atoms with Gasteiger partial charge < -0.3 is 10.2 Å². The van der Waals surface area contributed by atoms with Crippen molar-refractivity contribution in [3.05, 3.63) is 34.9 Å². The van der Waals surface area contributed by atoms with Crippen LogP contribution in [-0.2, 0) is 4.79 Å². The van der Waals surface area contributed by atoms with Crippen LogP contribution in [0, 0.1) is 25.7 Å². The number of nitrogens with zero attached hydrogens (tertiary/aromatic N) is 1. The van der Waals surface area contributed by atoms with Crippen LogP contribution < -0.4 is 5.32 Å². The Kier molecular flexibility index (Phi) is 5.60. The lowest BCUT2D eigenvalue weighted by atomic mass is 9.84. The van der Waals surface area contributed by atoms with Gasteiger partial charge in [-0.3, -0.25) is 4.79 Å². The van der Waals surface area contributed by atoms with Crippen molar-refractivity contribution in [1.29, 1.82) is 0 Å². The summed E-state index contributed by atoms with van der Waals surface area (Å²) in [6.45, 7) is 9.78. The molecular weight excluding hydrogens is 296 g/mol. The molecule has 2 atom stereocenters. The summed E-state index contributed by atoms with van der Waals surface area (Å²) in [6, 6.07) is 6.81. The van der Waals surface area contributed by atoms with Crippen molar-refractivity contribution in [1.82, 2.24) is 10.2 Å². The minimum absolute atomic E-state index is 0.289. The molecule has 2 unspecified atom stereocenters. The summed E-state index contributed by atoms with van der Waals surface area (Å²) in [5.41, 5.74) is 4.04. The summed E-state index contributed by atoms with van der Waals surface area (Å²) in [5.74, 6) is 1.57. The second kappa shape index (κ2) is 7.69. The molecule has 2 heterocycles. The van der Waals surface area contributed by atoms with E-state index >= 15 is 0 Å². The average molecular weight is 329 g/mol. The lowest BCUT2D eigenvalue weighted by molar-refractivity contribution is -0.133. The first-order chi connectivity index (χ1) is 11.6. The van der Waals surface area contributed by atoms with Crippen molar-refractivity contribution in [2.45, 2.75) is 58.9 Å². The normalized spacial score (nSPS) is 23.5. The van der Waals surface area contributed by atoms with Crippen LogP contribution in [0.1, 0.15) is 61.8 Å². The van der Waals surface area contributed by atoms with E-state index in [4.69, 9.17) is 0 Å². The Bertz CT molecular complexity index is 577. The molecule has 1 aromatic rings. The Morgan fingerprint density at radius 1 is 1.25 bits per heavy atom. The number of carbonyl (C=O) groups excluding carboxylic acids is 1. The summed E-state index contributed by atoms with van der Waals surface area (Å²) in [6.07, 6.45) is 5.39. The van der Waals surface area contributed by atoms with Crippen molar-refractivity contribution < 1.29 is 4.79 Å². The maximum Gasteiger partial charge on any atom is 0.223 e. The number of hydrogen-bond donors (Lipinski definition) is 1. The first-order valence-electron chi connectivity index (χ1n) is 9.64. The quantitative estimate of drug-likeness (QED) is 0.906. The molecule has 1 aromatic carbocycles. The largest absolute Gasteiger partial charge is 0.336 e. The van der Waals surface area contributed by atoms with Crippen LogP contribution in [0.4, 0.5) is 0 Å². The van der Waals surface area contributed by atoms with E-state index in [-0.39, 0.29) is 6.04 Å². The highest BCUT2D eigenvalue weighted by Gasteiger charge is 2.32. The highest BCUT2D eigenvalue weighted by Crippen LogP contribution is 2.36.